The van der Waals surface area contributed by atoms with Gasteiger partial charge in [-0.25, -0.2) is 28.8 Å². The molecule has 8 rings (SSSR count). The summed E-state index contributed by atoms with van der Waals surface area (Å²) in [5, 5.41) is 0. The third-order valence-electron chi connectivity index (χ3n) is 9.31. The van der Waals surface area contributed by atoms with Crippen molar-refractivity contribution >= 4 is 104 Å². The maximum atomic E-state index is 11.5. The van der Waals surface area contributed by atoms with Crippen molar-refractivity contribution in [1.82, 2.24) is 0 Å². The van der Waals surface area contributed by atoms with Gasteiger partial charge < -0.3 is 28.4 Å². The smallest absolute Gasteiger partial charge is 0.339 e. The molecular weight excluding hydrogens is 1140 g/mol. The van der Waals surface area contributed by atoms with Crippen molar-refractivity contribution in [3.8, 4) is 0 Å². The summed E-state index contributed by atoms with van der Waals surface area (Å²) in [6.07, 6.45) is 4.14. The standard InChI is InChI=1S/C9H14O5S.C8H12O5S.C7H12O5S.C6H10O5S.C5H8O5S.C4H6O5S/c10-9(8-6-12-15(11)14-8)13-7-4-2-1-3-5-7;9-8(7-5-11-14(10)13-7)12-6-3-1-2-4-6;1-7(2,3)11-6(8)5-4-10-13(9)12-5;1-4(2)10-6(7)5-3-9-12(8)11-5;1-2-8-5(6)4-3-9-11(7)10-4;1-7-4(5)3-2-8-10(6)9-3/h7-8H,1-6H2;6-7H,1-5H2;5H,4H2,1-3H3;4-5H,3H2,1-2H3;4H,2-3H2,1H3;3H,2H2,1H3. The minimum absolute atomic E-state index is 0.000710. The molecule has 0 radical (unpaired) electrons. The van der Waals surface area contributed by atoms with Gasteiger partial charge in [0, 0.05) is 0 Å². The average molecular weight is 1200 g/mol. The molecule has 8 aliphatic rings. The molecule has 0 spiro atoms. The first-order chi connectivity index (χ1) is 35.5. The van der Waals surface area contributed by atoms with Crippen LogP contribution in [0.2, 0.25) is 0 Å². The van der Waals surface area contributed by atoms with Gasteiger partial charge in [0.1, 0.15) is 57.5 Å². The Hall–Kier alpha value is -2.76. The molecule has 12 unspecified atom stereocenters. The predicted molar refractivity (Wildman–Crippen MR) is 251 cm³/mol. The van der Waals surface area contributed by atoms with Crippen LogP contribution in [0.4, 0.5) is 0 Å². The van der Waals surface area contributed by atoms with Crippen LogP contribution in [0, 0.1) is 0 Å². The molecule has 434 valence electrons. The second kappa shape index (κ2) is 35.0. The van der Waals surface area contributed by atoms with E-state index in [1.807, 2.05) is 0 Å². The topological polar surface area (TPSA) is 371 Å². The molecule has 6 heterocycles. The molecule has 12 atom stereocenters. The van der Waals surface area contributed by atoms with Gasteiger partial charge in [-0.1, -0.05) is 6.42 Å². The van der Waals surface area contributed by atoms with Crippen molar-refractivity contribution in [2.24, 2.45) is 0 Å². The molecule has 0 aromatic rings. The molecule has 8 fully saturated rings. The Kier molecular flexibility index (Phi) is 31.0. The van der Waals surface area contributed by atoms with Crippen LogP contribution in [-0.4, -0.2) is 175 Å². The Bertz CT molecular complexity index is 2010. The fourth-order valence-corrected chi connectivity index (χ4v) is 9.65. The summed E-state index contributed by atoms with van der Waals surface area (Å²) in [7, 11) is 1.23. The van der Waals surface area contributed by atoms with Gasteiger partial charge in [-0.2, -0.15) is 25.3 Å². The number of esters is 6. The van der Waals surface area contributed by atoms with Gasteiger partial charge in [0.05, 0.1) is 19.8 Å². The molecule has 0 aromatic heterocycles. The van der Waals surface area contributed by atoms with Gasteiger partial charge in [0.2, 0.25) is 0 Å². The third-order valence-corrected chi connectivity index (χ3v) is 13.6. The summed E-state index contributed by atoms with van der Waals surface area (Å²) >= 11 is -10.7. The van der Waals surface area contributed by atoms with Crippen LogP contribution < -0.4 is 0 Å². The van der Waals surface area contributed by atoms with Gasteiger partial charge in [-0.05, 0) is 92.9 Å². The molecule has 6 saturated heterocycles. The van der Waals surface area contributed by atoms with Crippen LogP contribution >= 0.6 is 0 Å². The lowest BCUT2D eigenvalue weighted by Crippen LogP contribution is -2.32. The summed E-state index contributed by atoms with van der Waals surface area (Å²) in [5.41, 5.74) is -0.565. The third kappa shape index (κ3) is 27.1. The van der Waals surface area contributed by atoms with E-state index in [1.54, 1.807) is 41.5 Å². The minimum atomic E-state index is -1.80. The van der Waals surface area contributed by atoms with Gasteiger partial charge >= 0.3 is 104 Å². The summed E-state index contributed by atoms with van der Waals surface area (Å²) < 4.78 is 147. The molecule has 30 nitrogen and oxygen atoms in total. The average Bonchev–Trinajstić information content (AvgIpc) is 4.22. The highest BCUT2D eigenvalue weighted by Gasteiger charge is 2.37. The molecule has 0 bridgehead atoms. The number of rotatable bonds is 10. The first kappa shape index (κ1) is 66.5. The zero-order chi connectivity index (χ0) is 55.7. The van der Waals surface area contributed by atoms with Crippen LogP contribution in [0.15, 0.2) is 0 Å². The van der Waals surface area contributed by atoms with Crippen LogP contribution in [-0.2, 0) is 176 Å². The fourth-order valence-electron chi connectivity index (χ4n) is 5.96. The van der Waals surface area contributed by atoms with Crippen molar-refractivity contribution in [2.45, 2.75) is 160 Å². The number of hydrogen-bond acceptors (Lipinski definition) is 30. The maximum Gasteiger partial charge on any atom is 0.339 e. The summed E-state index contributed by atoms with van der Waals surface area (Å²) in [6, 6.07) is 0. The maximum absolute atomic E-state index is 11.5. The Labute approximate surface area is 447 Å². The van der Waals surface area contributed by atoms with Crippen LogP contribution in [0.25, 0.3) is 0 Å². The van der Waals surface area contributed by atoms with E-state index in [-0.39, 0.29) is 64.6 Å². The first-order valence-electron chi connectivity index (χ1n) is 22.9. The van der Waals surface area contributed by atoms with Gasteiger partial charge in [0.15, 0.2) is 36.6 Å². The van der Waals surface area contributed by atoms with Crippen molar-refractivity contribution in [3.63, 3.8) is 0 Å². The number of hydrogen-bond donors (Lipinski definition) is 0. The van der Waals surface area contributed by atoms with E-state index in [4.69, 9.17) is 27.3 Å². The molecule has 0 aromatic carbocycles. The Balaban J connectivity index is 0.000000238. The highest BCUT2D eigenvalue weighted by Crippen LogP contribution is 2.24. The molecule has 2 aliphatic carbocycles. The molecule has 36 heteroatoms. The highest BCUT2D eigenvalue weighted by atomic mass is 32.2. The largest absolute Gasteiger partial charge is 0.467 e. The summed E-state index contributed by atoms with van der Waals surface area (Å²) in [6.45, 7) is 10.7. The van der Waals surface area contributed by atoms with Gasteiger partial charge in [-0.15, -0.1) is 0 Å². The minimum Gasteiger partial charge on any atom is -0.467 e. The number of ether oxygens (including phenoxy) is 6. The fraction of sp³-hybridized carbons (Fsp3) is 0.846. The van der Waals surface area contributed by atoms with E-state index >= 15 is 0 Å². The van der Waals surface area contributed by atoms with E-state index in [2.05, 4.69) is 51.3 Å². The molecule has 0 N–H and O–H groups in total. The quantitative estimate of drug-likeness (QED) is 0.209. The highest BCUT2D eigenvalue weighted by molar-refractivity contribution is 7.76. The van der Waals surface area contributed by atoms with E-state index in [0.717, 1.165) is 51.4 Å². The second-order valence-electron chi connectivity index (χ2n) is 16.8. The zero-order valence-corrected chi connectivity index (χ0v) is 46.6. The van der Waals surface area contributed by atoms with Crippen molar-refractivity contribution in [2.75, 3.05) is 53.4 Å². The number of methoxy groups -OCH3 is 1. The van der Waals surface area contributed by atoms with E-state index in [9.17, 15) is 54.0 Å². The Morgan fingerprint density at radius 2 is 0.747 bits per heavy atom. The lowest BCUT2D eigenvalue weighted by Gasteiger charge is -2.22. The second-order valence-corrected chi connectivity index (χ2v) is 21.8. The zero-order valence-electron chi connectivity index (χ0n) is 41.7. The Morgan fingerprint density at radius 3 is 1.03 bits per heavy atom. The van der Waals surface area contributed by atoms with Crippen molar-refractivity contribution < 1.29 is 133 Å². The molecule has 0 amide bonds. The first-order valence-corrected chi connectivity index (χ1v) is 28.9. The predicted octanol–water partition coefficient (Wildman–Crippen LogP) is 0.274. The van der Waals surface area contributed by atoms with Crippen molar-refractivity contribution in [3.05, 3.63) is 0 Å². The van der Waals surface area contributed by atoms with Crippen LogP contribution in [0.3, 0.4) is 0 Å². The lowest BCUT2D eigenvalue weighted by atomic mass is 9.98. The summed E-state index contributed by atoms with van der Waals surface area (Å²) in [5.74, 6) is -3.08. The molecule has 2 saturated carbocycles. The van der Waals surface area contributed by atoms with E-state index in [0.29, 0.717) is 0 Å². The van der Waals surface area contributed by atoms with Gasteiger partial charge in [0.25, 0.3) is 0 Å². The van der Waals surface area contributed by atoms with E-state index < -0.39 is 146 Å². The lowest BCUT2D eigenvalue weighted by molar-refractivity contribution is -0.162. The Morgan fingerprint density at radius 1 is 0.453 bits per heavy atom. The molecular formula is C39H62O30S6. The summed E-state index contributed by atoms with van der Waals surface area (Å²) in [4.78, 5) is 66.6. The van der Waals surface area contributed by atoms with Crippen molar-refractivity contribution in [1.29, 1.82) is 0 Å². The molecule has 75 heavy (non-hydrogen) atoms. The number of carbonyl (C=O) groups is 6. The van der Waals surface area contributed by atoms with Crippen LogP contribution in [0.1, 0.15) is 99.3 Å². The monoisotopic (exact) mass is 1200 g/mol. The van der Waals surface area contributed by atoms with Gasteiger partial charge in [-0.3, -0.25) is 50.2 Å². The SMILES string of the molecule is CC(C)(C)OC(=O)C1COS(=O)O1.CC(C)OC(=O)C1COS(=O)O1.CCOC(=O)C1COS(=O)O1.COC(=O)C1COS(=O)O1.O=C(OC1CCCC1)C1COS(=O)O1.O=C(OC1CCCCC1)C1COS(=O)O1. The van der Waals surface area contributed by atoms with E-state index in [1.165, 1.54) is 13.5 Å². The van der Waals surface area contributed by atoms with Crippen LogP contribution in [0.5, 0.6) is 0 Å². The molecule has 6 aliphatic heterocycles. The number of carbonyl (C=O) groups excluding carboxylic acids is 6. The normalized spacial score (nSPS) is 31.2.